The Bertz CT molecular complexity index is 747. The molecule has 2 rings (SSSR count). The predicted octanol–water partition coefficient (Wildman–Crippen LogP) is 1.03. The third-order valence-electron chi connectivity index (χ3n) is 3.31. The van der Waals surface area contributed by atoms with Gasteiger partial charge in [0.25, 0.3) is 5.91 Å². The van der Waals surface area contributed by atoms with E-state index in [2.05, 4.69) is 15.5 Å². The number of nitrogens with zero attached hydrogens (tertiary/aromatic N) is 1. The minimum absolute atomic E-state index is 0.254. The lowest BCUT2D eigenvalue weighted by molar-refractivity contribution is -0.211. The number of aliphatic hydroxyl groups excluding tert-OH is 1. The molecule has 0 saturated carbocycles. The maximum Gasteiger partial charge on any atom is 0.416 e. The Kier molecular flexibility index (Phi) is 5.35. The van der Waals surface area contributed by atoms with Crippen LogP contribution in [0.25, 0.3) is 0 Å². The van der Waals surface area contributed by atoms with Gasteiger partial charge in [0, 0.05) is 6.20 Å². The summed E-state index contributed by atoms with van der Waals surface area (Å²) in [6, 6.07) is 6.44. The Morgan fingerprint density at radius 2 is 1.96 bits per heavy atom. The van der Waals surface area contributed by atoms with Crippen LogP contribution in [0.4, 0.5) is 13.2 Å². The van der Waals surface area contributed by atoms with E-state index in [9.17, 15) is 27.9 Å². The molecule has 3 N–H and O–H groups in total. The van der Waals surface area contributed by atoms with Crippen molar-refractivity contribution in [1.82, 2.24) is 15.5 Å². The smallest absolute Gasteiger partial charge is 0.382 e. The largest absolute Gasteiger partial charge is 0.416 e. The van der Waals surface area contributed by atoms with Gasteiger partial charge in [-0.05, 0) is 12.0 Å². The molecule has 128 valence electrons. The van der Waals surface area contributed by atoms with Gasteiger partial charge in [-0.3, -0.25) is 14.7 Å². The molecule has 1 aromatic carbocycles. The fourth-order valence-corrected chi connectivity index (χ4v) is 2.10. The monoisotopic (exact) mass is 341 g/mol. The lowest BCUT2D eigenvalue weighted by Gasteiger charge is -2.26. The summed E-state index contributed by atoms with van der Waals surface area (Å²) in [5, 5.41) is 17.3. The van der Waals surface area contributed by atoms with Crippen LogP contribution in [-0.2, 0) is 6.42 Å². The van der Waals surface area contributed by atoms with E-state index >= 15 is 0 Å². The SMILES string of the molecule is O=C(NC(Cc1ccccc1)C(O)C(F)(F)F)c1c[nH]ncc1=O. The van der Waals surface area contributed by atoms with E-state index in [1.54, 1.807) is 30.3 Å². The Morgan fingerprint density at radius 3 is 2.54 bits per heavy atom. The molecule has 2 atom stereocenters. The Labute approximate surface area is 134 Å². The summed E-state index contributed by atoms with van der Waals surface area (Å²) in [4.78, 5) is 23.6. The van der Waals surface area contributed by atoms with Gasteiger partial charge in [-0.1, -0.05) is 30.3 Å². The van der Waals surface area contributed by atoms with Crippen LogP contribution in [0.5, 0.6) is 0 Å². The highest BCUT2D eigenvalue weighted by Crippen LogP contribution is 2.24. The zero-order chi connectivity index (χ0) is 17.7. The third-order valence-corrected chi connectivity index (χ3v) is 3.31. The number of hydrogen-bond acceptors (Lipinski definition) is 4. The molecule has 2 unspecified atom stereocenters. The van der Waals surface area contributed by atoms with Gasteiger partial charge >= 0.3 is 6.18 Å². The van der Waals surface area contributed by atoms with Gasteiger partial charge in [0.1, 0.15) is 5.56 Å². The Hall–Kier alpha value is -2.68. The van der Waals surface area contributed by atoms with E-state index in [-0.39, 0.29) is 6.42 Å². The van der Waals surface area contributed by atoms with Crippen LogP contribution in [0.15, 0.2) is 47.5 Å². The second-order valence-corrected chi connectivity index (χ2v) is 5.07. The minimum Gasteiger partial charge on any atom is -0.382 e. The first-order valence-electron chi connectivity index (χ1n) is 6.91. The first kappa shape index (κ1) is 17.7. The quantitative estimate of drug-likeness (QED) is 0.757. The number of aromatic nitrogens is 2. The highest BCUT2D eigenvalue weighted by Gasteiger charge is 2.44. The molecule has 1 heterocycles. The molecule has 0 aliphatic rings. The molecule has 0 saturated heterocycles. The van der Waals surface area contributed by atoms with E-state index < -0.39 is 35.2 Å². The number of halogens is 3. The molecule has 1 aromatic heterocycles. The highest BCUT2D eigenvalue weighted by molar-refractivity contribution is 5.93. The number of aliphatic hydroxyl groups is 1. The molecule has 0 aliphatic carbocycles. The molecule has 0 aliphatic heterocycles. The first-order valence-corrected chi connectivity index (χ1v) is 6.91. The van der Waals surface area contributed by atoms with E-state index in [4.69, 9.17) is 0 Å². The average Bonchev–Trinajstić information content (AvgIpc) is 2.54. The third kappa shape index (κ3) is 4.42. The normalized spacial score (nSPS) is 14.0. The minimum atomic E-state index is -4.92. The van der Waals surface area contributed by atoms with Crippen molar-refractivity contribution in [3.8, 4) is 0 Å². The summed E-state index contributed by atoms with van der Waals surface area (Å²) in [7, 11) is 0. The zero-order valence-electron chi connectivity index (χ0n) is 12.2. The molecule has 0 fully saturated rings. The molecule has 24 heavy (non-hydrogen) atoms. The number of aromatic amines is 1. The molecule has 0 spiro atoms. The number of H-pyrrole nitrogens is 1. The molecular formula is C15H14F3N3O3. The van der Waals surface area contributed by atoms with E-state index in [0.29, 0.717) is 5.56 Å². The number of amides is 1. The maximum absolute atomic E-state index is 12.9. The molecule has 1 amide bonds. The van der Waals surface area contributed by atoms with Crippen molar-refractivity contribution in [1.29, 1.82) is 0 Å². The van der Waals surface area contributed by atoms with Crippen molar-refractivity contribution >= 4 is 5.91 Å². The number of carbonyl (C=O) groups is 1. The summed E-state index contributed by atoms with van der Waals surface area (Å²) >= 11 is 0. The first-order chi connectivity index (χ1) is 11.3. The zero-order valence-corrected chi connectivity index (χ0v) is 12.2. The van der Waals surface area contributed by atoms with Crippen LogP contribution in [0, 0.1) is 0 Å². The lowest BCUT2D eigenvalue weighted by atomic mass is 10.0. The molecule has 0 radical (unpaired) electrons. The summed E-state index contributed by atoms with van der Waals surface area (Å²) in [6.45, 7) is 0. The number of carbonyl (C=O) groups excluding carboxylic acids is 1. The average molecular weight is 341 g/mol. The van der Waals surface area contributed by atoms with Crippen molar-refractivity contribution in [3.05, 3.63) is 64.1 Å². The van der Waals surface area contributed by atoms with Crippen molar-refractivity contribution in [2.75, 3.05) is 0 Å². The second kappa shape index (κ2) is 7.26. The van der Waals surface area contributed by atoms with E-state index in [0.717, 1.165) is 12.4 Å². The van der Waals surface area contributed by atoms with Crippen molar-refractivity contribution < 1.29 is 23.1 Å². The number of nitrogens with one attached hydrogen (secondary N) is 2. The predicted molar refractivity (Wildman–Crippen MR) is 78.3 cm³/mol. The van der Waals surface area contributed by atoms with Gasteiger partial charge < -0.3 is 10.4 Å². The van der Waals surface area contributed by atoms with Gasteiger partial charge in [-0.15, -0.1) is 0 Å². The van der Waals surface area contributed by atoms with Crippen molar-refractivity contribution in [2.45, 2.75) is 24.7 Å². The summed E-state index contributed by atoms with van der Waals surface area (Å²) in [6.07, 6.45) is -6.13. The number of rotatable bonds is 5. The van der Waals surface area contributed by atoms with E-state index in [1.165, 1.54) is 0 Å². The highest BCUT2D eigenvalue weighted by atomic mass is 19.4. The summed E-state index contributed by atoms with van der Waals surface area (Å²) in [5.41, 5.74) is -0.640. The molecule has 9 heteroatoms. The van der Waals surface area contributed by atoms with Crippen LogP contribution in [0.2, 0.25) is 0 Å². The molecule has 6 nitrogen and oxygen atoms in total. The van der Waals surface area contributed by atoms with Gasteiger partial charge in [-0.25, -0.2) is 0 Å². The van der Waals surface area contributed by atoms with Gasteiger partial charge in [-0.2, -0.15) is 18.3 Å². The standard InChI is InChI=1S/C15H14F3N3O3/c16-15(17,18)13(23)11(6-9-4-2-1-3-5-9)21-14(24)10-7-19-20-8-12(10)22/h1-5,7-8,11,13,23H,6H2,(H,19,22)(H,21,24). The van der Waals surface area contributed by atoms with Crippen LogP contribution in [0.3, 0.4) is 0 Å². The lowest BCUT2D eigenvalue weighted by Crippen LogP contribution is -2.51. The topological polar surface area (TPSA) is 95.1 Å². The van der Waals surface area contributed by atoms with Crippen LogP contribution in [0.1, 0.15) is 15.9 Å². The second-order valence-electron chi connectivity index (χ2n) is 5.07. The van der Waals surface area contributed by atoms with Gasteiger partial charge in [0.15, 0.2) is 6.10 Å². The van der Waals surface area contributed by atoms with Crippen LogP contribution in [-0.4, -0.2) is 39.5 Å². The fraction of sp³-hybridized carbons (Fsp3) is 0.267. The fourth-order valence-electron chi connectivity index (χ4n) is 2.10. The van der Waals surface area contributed by atoms with Crippen LogP contribution >= 0.6 is 0 Å². The van der Waals surface area contributed by atoms with Crippen LogP contribution < -0.4 is 10.7 Å². The van der Waals surface area contributed by atoms with E-state index in [1.807, 2.05) is 0 Å². The number of hydrogen-bond donors (Lipinski definition) is 3. The summed E-state index contributed by atoms with van der Waals surface area (Å²) in [5.74, 6) is -1.03. The van der Waals surface area contributed by atoms with Crippen molar-refractivity contribution in [2.24, 2.45) is 0 Å². The molecular weight excluding hydrogens is 327 g/mol. The van der Waals surface area contributed by atoms with Gasteiger partial charge in [0.05, 0.1) is 12.2 Å². The Morgan fingerprint density at radius 1 is 1.29 bits per heavy atom. The number of benzene rings is 1. The maximum atomic E-state index is 12.9. The molecule has 2 aromatic rings. The summed E-state index contributed by atoms with van der Waals surface area (Å²) < 4.78 is 38.6. The number of alkyl halides is 3. The van der Waals surface area contributed by atoms with Gasteiger partial charge in [0.2, 0.25) is 5.43 Å². The van der Waals surface area contributed by atoms with Crippen molar-refractivity contribution in [3.63, 3.8) is 0 Å². The Balaban J connectivity index is 2.24. The molecule has 0 bridgehead atoms.